The molecule has 34 heavy (non-hydrogen) atoms. The van der Waals surface area contributed by atoms with Gasteiger partial charge in [0.1, 0.15) is 0 Å². The minimum absolute atomic E-state index is 0.0207. The van der Waals surface area contributed by atoms with Gasteiger partial charge in [0.25, 0.3) is 0 Å². The maximum atomic E-state index is 12.2. The summed E-state index contributed by atoms with van der Waals surface area (Å²) in [7, 11) is 2.90. The fourth-order valence-electron chi connectivity index (χ4n) is 2.94. The van der Waals surface area contributed by atoms with Crippen molar-refractivity contribution in [3.63, 3.8) is 0 Å². The standard InChI is InChI=1S/C26H24N2O6/c1-33-23-15-17(3-11-21(23)29)5-13-25(31)27-19-7-9-20(10-8-19)28-26(32)14-6-18-4-12-22(30)24(16-18)34-2/h3-16,29-30H,1-2H3,(H,27,31)(H,28,32)/b13-5+,14-6?. The minimum Gasteiger partial charge on any atom is -0.504 e. The summed E-state index contributed by atoms with van der Waals surface area (Å²) in [5, 5.41) is 24.7. The van der Waals surface area contributed by atoms with Crippen molar-refractivity contribution in [3.05, 3.63) is 83.9 Å². The predicted octanol–water partition coefficient (Wildman–Crippen LogP) is 4.42. The number of rotatable bonds is 8. The van der Waals surface area contributed by atoms with Crippen molar-refractivity contribution in [3.8, 4) is 23.0 Å². The molecule has 0 atom stereocenters. The summed E-state index contributed by atoms with van der Waals surface area (Å²) in [6.45, 7) is 0. The second-order valence-electron chi connectivity index (χ2n) is 7.09. The minimum atomic E-state index is -0.337. The Hall–Kier alpha value is -4.72. The van der Waals surface area contributed by atoms with Crippen molar-refractivity contribution < 1.29 is 29.3 Å². The molecule has 0 aliphatic carbocycles. The van der Waals surface area contributed by atoms with E-state index in [0.717, 1.165) is 0 Å². The van der Waals surface area contributed by atoms with E-state index in [4.69, 9.17) is 9.47 Å². The first-order chi connectivity index (χ1) is 16.4. The van der Waals surface area contributed by atoms with E-state index in [0.29, 0.717) is 34.0 Å². The molecule has 0 bridgehead atoms. The Kier molecular flexibility index (Phi) is 7.91. The lowest BCUT2D eigenvalue weighted by molar-refractivity contribution is -0.112. The molecule has 0 fully saturated rings. The molecule has 0 spiro atoms. The molecule has 174 valence electrons. The van der Waals surface area contributed by atoms with Gasteiger partial charge in [0.2, 0.25) is 11.8 Å². The van der Waals surface area contributed by atoms with E-state index >= 15 is 0 Å². The molecule has 3 aromatic rings. The highest BCUT2D eigenvalue weighted by atomic mass is 16.5. The molecule has 0 aliphatic rings. The van der Waals surface area contributed by atoms with Crippen molar-refractivity contribution in [1.29, 1.82) is 0 Å². The number of hydrogen-bond acceptors (Lipinski definition) is 6. The van der Waals surface area contributed by atoms with E-state index in [1.54, 1.807) is 60.7 Å². The van der Waals surface area contributed by atoms with Crippen LogP contribution in [0.4, 0.5) is 11.4 Å². The molecule has 8 nitrogen and oxygen atoms in total. The number of anilines is 2. The van der Waals surface area contributed by atoms with Gasteiger partial charge in [0.15, 0.2) is 23.0 Å². The summed E-state index contributed by atoms with van der Waals surface area (Å²) in [5.74, 6) is 0.00236. The SMILES string of the molecule is COc1cc(C=CC(=O)Nc2ccc(NC(=O)/C=C/c3ccc(O)c(OC)c3)cc2)ccc1O. The van der Waals surface area contributed by atoms with E-state index in [1.807, 2.05) is 0 Å². The number of hydrogen-bond donors (Lipinski definition) is 4. The quantitative estimate of drug-likeness (QED) is 0.370. The first kappa shape index (κ1) is 23.9. The van der Waals surface area contributed by atoms with E-state index in [1.165, 1.54) is 38.5 Å². The molecule has 0 radical (unpaired) electrons. The molecule has 0 unspecified atom stereocenters. The van der Waals surface area contributed by atoms with E-state index < -0.39 is 0 Å². The molecule has 2 amide bonds. The Morgan fingerprint density at radius 2 is 1.06 bits per heavy atom. The van der Waals surface area contributed by atoms with Gasteiger partial charge in [-0.25, -0.2) is 0 Å². The van der Waals surface area contributed by atoms with Crippen molar-refractivity contribution in [2.24, 2.45) is 0 Å². The van der Waals surface area contributed by atoms with Gasteiger partial charge in [-0.2, -0.15) is 0 Å². The van der Waals surface area contributed by atoms with Gasteiger partial charge in [-0.3, -0.25) is 9.59 Å². The number of nitrogens with one attached hydrogen (secondary N) is 2. The van der Waals surface area contributed by atoms with Crippen molar-refractivity contribution in [1.82, 2.24) is 0 Å². The monoisotopic (exact) mass is 460 g/mol. The molecule has 3 rings (SSSR count). The molecule has 4 N–H and O–H groups in total. The van der Waals surface area contributed by atoms with Crippen molar-refractivity contribution >= 4 is 35.3 Å². The summed E-state index contributed by atoms with van der Waals surface area (Å²) < 4.78 is 10.1. The number of aromatic hydroxyl groups is 2. The third kappa shape index (κ3) is 6.64. The molecule has 0 saturated heterocycles. The largest absolute Gasteiger partial charge is 0.504 e. The van der Waals surface area contributed by atoms with E-state index in [9.17, 15) is 19.8 Å². The first-order valence-electron chi connectivity index (χ1n) is 10.2. The molecule has 3 aromatic carbocycles. The maximum Gasteiger partial charge on any atom is 0.248 e. The summed E-state index contributed by atoms with van der Waals surface area (Å²) in [5.41, 5.74) is 2.51. The maximum absolute atomic E-state index is 12.2. The molecule has 8 heteroatoms. The number of carbonyl (C=O) groups excluding carboxylic acids is 2. The predicted molar refractivity (Wildman–Crippen MR) is 131 cm³/mol. The molecule has 0 heterocycles. The second-order valence-corrected chi connectivity index (χ2v) is 7.09. The van der Waals surface area contributed by atoms with Gasteiger partial charge in [0.05, 0.1) is 14.2 Å². The lowest BCUT2D eigenvalue weighted by Gasteiger charge is -2.06. The summed E-state index contributed by atoms with van der Waals surface area (Å²) in [6.07, 6.45) is 5.93. The van der Waals surface area contributed by atoms with Gasteiger partial charge in [-0.05, 0) is 71.8 Å². The lowest BCUT2D eigenvalue weighted by Crippen LogP contribution is -2.09. The number of carbonyl (C=O) groups is 2. The average Bonchev–Trinajstić information content (AvgIpc) is 2.84. The Balaban J connectivity index is 1.54. The van der Waals surface area contributed by atoms with Crippen LogP contribution in [0.2, 0.25) is 0 Å². The molecular weight excluding hydrogens is 436 g/mol. The Bertz CT molecular complexity index is 1140. The number of ether oxygens (including phenoxy) is 2. The Labute approximate surface area is 196 Å². The van der Waals surface area contributed by atoms with Gasteiger partial charge >= 0.3 is 0 Å². The molecule has 0 aromatic heterocycles. The van der Waals surface area contributed by atoms with Crippen LogP contribution in [0.3, 0.4) is 0 Å². The fraction of sp³-hybridized carbons (Fsp3) is 0.0769. The fourth-order valence-corrected chi connectivity index (χ4v) is 2.94. The highest BCUT2D eigenvalue weighted by Gasteiger charge is 2.04. The van der Waals surface area contributed by atoms with Crippen LogP contribution in [-0.2, 0) is 9.59 Å². The van der Waals surface area contributed by atoms with E-state index in [2.05, 4.69) is 10.6 Å². The van der Waals surface area contributed by atoms with Crippen LogP contribution in [0.15, 0.2) is 72.8 Å². The van der Waals surface area contributed by atoms with E-state index in [-0.39, 0.29) is 23.3 Å². The van der Waals surface area contributed by atoms with Gasteiger partial charge < -0.3 is 30.3 Å². The van der Waals surface area contributed by atoms with Crippen LogP contribution in [0.5, 0.6) is 23.0 Å². The van der Waals surface area contributed by atoms with Crippen molar-refractivity contribution in [2.45, 2.75) is 0 Å². The summed E-state index contributed by atoms with van der Waals surface area (Å²) in [6, 6.07) is 16.2. The van der Waals surface area contributed by atoms with Crippen LogP contribution in [0, 0.1) is 0 Å². The molecular formula is C26H24N2O6. The van der Waals surface area contributed by atoms with Crippen LogP contribution in [0.25, 0.3) is 12.2 Å². The topological polar surface area (TPSA) is 117 Å². The third-order valence-electron chi connectivity index (χ3n) is 4.68. The zero-order valence-corrected chi connectivity index (χ0v) is 18.6. The first-order valence-corrected chi connectivity index (χ1v) is 10.2. The van der Waals surface area contributed by atoms with Gasteiger partial charge in [-0.15, -0.1) is 0 Å². The average molecular weight is 460 g/mol. The Morgan fingerprint density at radius 3 is 1.41 bits per heavy atom. The van der Waals surface area contributed by atoms with Gasteiger partial charge in [-0.1, -0.05) is 12.1 Å². The number of phenolic OH excluding ortho intramolecular Hbond substituents is 2. The third-order valence-corrected chi connectivity index (χ3v) is 4.68. The number of phenols is 2. The zero-order valence-electron chi connectivity index (χ0n) is 18.6. The lowest BCUT2D eigenvalue weighted by atomic mass is 10.2. The van der Waals surface area contributed by atoms with Crippen LogP contribution >= 0.6 is 0 Å². The number of methoxy groups -OCH3 is 2. The molecule has 0 aliphatic heterocycles. The van der Waals surface area contributed by atoms with Gasteiger partial charge in [0, 0.05) is 23.5 Å². The number of amides is 2. The summed E-state index contributed by atoms with van der Waals surface area (Å²) in [4.78, 5) is 24.3. The number of benzene rings is 3. The highest BCUT2D eigenvalue weighted by molar-refractivity contribution is 6.03. The van der Waals surface area contributed by atoms with Crippen LogP contribution in [-0.4, -0.2) is 36.2 Å². The van der Waals surface area contributed by atoms with Crippen molar-refractivity contribution in [2.75, 3.05) is 24.9 Å². The smallest absolute Gasteiger partial charge is 0.248 e. The van der Waals surface area contributed by atoms with Crippen LogP contribution in [0.1, 0.15) is 11.1 Å². The highest BCUT2D eigenvalue weighted by Crippen LogP contribution is 2.27. The molecule has 0 saturated carbocycles. The van der Waals surface area contributed by atoms with Crippen LogP contribution < -0.4 is 20.1 Å². The summed E-state index contributed by atoms with van der Waals surface area (Å²) >= 11 is 0. The zero-order chi connectivity index (χ0) is 24.5. The second kappa shape index (κ2) is 11.2. The normalized spacial score (nSPS) is 10.9. The Morgan fingerprint density at radius 1 is 0.676 bits per heavy atom.